The third-order valence-corrected chi connectivity index (χ3v) is 3.87. The Bertz CT molecular complexity index is 604. The zero-order valence-electron chi connectivity index (χ0n) is 12.3. The van der Waals surface area contributed by atoms with Gasteiger partial charge in [-0.15, -0.1) is 0 Å². The normalized spacial score (nSPS) is 18.6. The van der Waals surface area contributed by atoms with Gasteiger partial charge in [-0.05, 0) is 26.7 Å². The Labute approximate surface area is 119 Å². The van der Waals surface area contributed by atoms with Gasteiger partial charge in [0.25, 0.3) is 0 Å². The molecule has 3 rings (SSSR count). The smallest absolute Gasteiger partial charge is 0.133 e. The molecule has 1 aliphatic rings. The fraction of sp³-hybridized carbons (Fsp3) is 0.533. The molecular weight excluding hydrogens is 250 g/mol. The van der Waals surface area contributed by atoms with E-state index in [0.29, 0.717) is 12.1 Å². The van der Waals surface area contributed by atoms with Crippen molar-refractivity contribution in [1.82, 2.24) is 19.7 Å². The van der Waals surface area contributed by atoms with E-state index in [0.717, 1.165) is 29.9 Å². The minimum atomic E-state index is 0.425. The molecule has 0 fully saturated rings. The van der Waals surface area contributed by atoms with Gasteiger partial charge in [0.1, 0.15) is 12.1 Å². The van der Waals surface area contributed by atoms with E-state index < -0.39 is 0 Å². The van der Waals surface area contributed by atoms with Gasteiger partial charge < -0.3 is 5.32 Å². The topological polar surface area (TPSA) is 55.6 Å². The Balaban J connectivity index is 1.93. The van der Waals surface area contributed by atoms with E-state index in [-0.39, 0.29) is 0 Å². The Hall–Kier alpha value is -1.91. The van der Waals surface area contributed by atoms with E-state index in [1.807, 2.05) is 10.9 Å². The lowest BCUT2D eigenvalue weighted by Gasteiger charge is -2.09. The highest BCUT2D eigenvalue weighted by Crippen LogP contribution is 2.31. The summed E-state index contributed by atoms with van der Waals surface area (Å²) in [6.07, 6.45) is 8.93. The first-order valence-corrected chi connectivity index (χ1v) is 7.34. The predicted molar refractivity (Wildman–Crippen MR) is 79.7 cm³/mol. The number of anilines is 1. The molecule has 5 nitrogen and oxygen atoms in total. The summed E-state index contributed by atoms with van der Waals surface area (Å²) in [7, 11) is 0. The van der Waals surface area contributed by atoms with E-state index in [9.17, 15) is 0 Å². The van der Waals surface area contributed by atoms with Crippen molar-refractivity contribution in [2.24, 2.45) is 0 Å². The van der Waals surface area contributed by atoms with Gasteiger partial charge in [-0.3, -0.25) is 4.68 Å². The van der Waals surface area contributed by atoms with Crippen LogP contribution in [0.2, 0.25) is 0 Å². The molecule has 1 aliphatic heterocycles. The molecule has 2 aromatic heterocycles. The molecule has 0 bridgehead atoms. The van der Waals surface area contributed by atoms with E-state index >= 15 is 0 Å². The quantitative estimate of drug-likeness (QED) is 0.928. The van der Waals surface area contributed by atoms with Gasteiger partial charge in [-0.1, -0.05) is 13.3 Å². The number of aromatic nitrogens is 4. The summed E-state index contributed by atoms with van der Waals surface area (Å²) in [6.45, 7) is 6.57. The second kappa shape index (κ2) is 5.23. The zero-order chi connectivity index (χ0) is 14.1. The number of hydrogen-bond donors (Lipinski definition) is 1. The van der Waals surface area contributed by atoms with Crippen molar-refractivity contribution in [3.05, 3.63) is 24.3 Å². The summed E-state index contributed by atoms with van der Waals surface area (Å²) < 4.78 is 2.04. The first kappa shape index (κ1) is 13.1. The monoisotopic (exact) mass is 271 g/mol. The van der Waals surface area contributed by atoms with Crippen LogP contribution in [0, 0.1) is 0 Å². The van der Waals surface area contributed by atoms with E-state index in [1.165, 1.54) is 12.0 Å². The molecule has 0 aromatic carbocycles. The molecule has 0 radical (unpaired) electrons. The maximum absolute atomic E-state index is 4.49. The largest absolute Gasteiger partial charge is 0.367 e. The van der Waals surface area contributed by atoms with E-state index in [4.69, 9.17) is 0 Å². The van der Waals surface area contributed by atoms with Crippen molar-refractivity contribution in [3.8, 4) is 11.3 Å². The van der Waals surface area contributed by atoms with Crippen LogP contribution in [0.4, 0.5) is 5.82 Å². The molecular formula is C15H21N5. The van der Waals surface area contributed by atoms with Gasteiger partial charge in [0.05, 0.1) is 11.9 Å². The predicted octanol–water partition coefficient (Wildman–Crippen LogP) is 3.06. The summed E-state index contributed by atoms with van der Waals surface area (Å²) in [5.41, 5.74) is 3.31. The lowest BCUT2D eigenvalue weighted by Crippen LogP contribution is -2.08. The van der Waals surface area contributed by atoms with Crippen LogP contribution in [0.5, 0.6) is 0 Å². The molecule has 3 heterocycles. The lowest BCUT2D eigenvalue weighted by molar-refractivity contribution is 0.455. The maximum atomic E-state index is 4.49. The average Bonchev–Trinajstić information content (AvgIpc) is 3.03. The third kappa shape index (κ3) is 2.28. The number of hydrogen-bond acceptors (Lipinski definition) is 4. The van der Waals surface area contributed by atoms with Crippen LogP contribution in [0.25, 0.3) is 11.3 Å². The van der Waals surface area contributed by atoms with Crippen molar-refractivity contribution in [2.75, 3.05) is 5.32 Å². The molecule has 2 atom stereocenters. The van der Waals surface area contributed by atoms with Crippen molar-refractivity contribution >= 4 is 5.82 Å². The van der Waals surface area contributed by atoms with Crippen LogP contribution >= 0.6 is 0 Å². The van der Waals surface area contributed by atoms with Crippen LogP contribution in [-0.4, -0.2) is 25.8 Å². The van der Waals surface area contributed by atoms with Crippen LogP contribution < -0.4 is 5.32 Å². The highest BCUT2D eigenvalue weighted by atomic mass is 15.3. The fourth-order valence-corrected chi connectivity index (χ4v) is 2.82. The Morgan fingerprint density at radius 3 is 3.10 bits per heavy atom. The standard InChI is InChI=1S/C15H21N5/c1-4-5-11(3)20-8-12(7-18-20)14-13-6-10(2)19-15(13)17-9-16-14/h7-11H,4-6H2,1-3H3,(H,16,17,19)/t10?,11-/m1/s1. The molecule has 2 aromatic rings. The molecule has 0 saturated carbocycles. The highest BCUT2D eigenvalue weighted by molar-refractivity contribution is 5.69. The van der Waals surface area contributed by atoms with Gasteiger partial charge in [0.15, 0.2) is 0 Å². The van der Waals surface area contributed by atoms with Crippen LogP contribution in [0.3, 0.4) is 0 Å². The summed E-state index contributed by atoms with van der Waals surface area (Å²) in [5, 5.41) is 7.87. The molecule has 0 spiro atoms. The zero-order valence-corrected chi connectivity index (χ0v) is 12.3. The second-order valence-electron chi connectivity index (χ2n) is 5.65. The van der Waals surface area contributed by atoms with Crippen LogP contribution in [0.15, 0.2) is 18.7 Å². The first-order chi connectivity index (χ1) is 9.69. The summed E-state index contributed by atoms with van der Waals surface area (Å²) >= 11 is 0. The van der Waals surface area contributed by atoms with Gasteiger partial charge in [0.2, 0.25) is 0 Å². The van der Waals surface area contributed by atoms with Crippen LogP contribution in [-0.2, 0) is 6.42 Å². The molecule has 20 heavy (non-hydrogen) atoms. The number of rotatable bonds is 4. The number of nitrogens with zero attached hydrogens (tertiary/aromatic N) is 4. The number of nitrogens with one attached hydrogen (secondary N) is 1. The van der Waals surface area contributed by atoms with Gasteiger partial charge >= 0.3 is 0 Å². The van der Waals surface area contributed by atoms with Gasteiger partial charge in [-0.2, -0.15) is 5.10 Å². The van der Waals surface area contributed by atoms with Crippen LogP contribution in [0.1, 0.15) is 45.2 Å². The molecule has 1 unspecified atom stereocenters. The fourth-order valence-electron chi connectivity index (χ4n) is 2.82. The molecule has 1 N–H and O–H groups in total. The summed E-state index contributed by atoms with van der Waals surface area (Å²) in [6, 6.07) is 0.857. The Kier molecular flexibility index (Phi) is 3.42. The van der Waals surface area contributed by atoms with Crippen molar-refractivity contribution < 1.29 is 0 Å². The summed E-state index contributed by atoms with van der Waals surface area (Å²) in [5.74, 6) is 0.969. The van der Waals surface area contributed by atoms with Crippen molar-refractivity contribution in [1.29, 1.82) is 0 Å². The molecule has 5 heteroatoms. The maximum Gasteiger partial charge on any atom is 0.133 e. The molecule has 0 amide bonds. The molecule has 0 aliphatic carbocycles. The van der Waals surface area contributed by atoms with Crippen molar-refractivity contribution in [3.63, 3.8) is 0 Å². The first-order valence-electron chi connectivity index (χ1n) is 7.34. The highest BCUT2D eigenvalue weighted by Gasteiger charge is 2.23. The van der Waals surface area contributed by atoms with Gasteiger partial charge in [-0.25, -0.2) is 9.97 Å². The van der Waals surface area contributed by atoms with E-state index in [1.54, 1.807) is 6.33 Å². The second-order valence-corrected chi connectivity index (χ2v) is 5.65. The average molecular weight is 271 g/mol. The molecule has 106 valence electrons. The van der Waals surface area contributed by atoms with Gasteiger partial charge in [0, 0.05) is 29.4 Å². The Morgan fingerprint density at radius 1 is 1.45 bits per heavy atom. The third-order valence-electron chi connectivity index (χ3n) is 3.87. The SMILES string of the molecule is CCC[C@@H](C)n1cc(-c2ncnc3c2CC(C)N3)cn1. The lowest BCUT2D eigenvalue weighted by atomic mass is 10.1. The minimum absolute atomic E-state index is 0.425. The minimum Gasteiger partial charge on any atom is -0.367 e. The Morgan fingerprint density at radius 2 is 2.30 bits per heavy atom. The summed E-state index contributed by atoms with van der Waals surface area (Å²) in [4.78, 5) is 8.79. The number of fused-ring (bicyclic) bond motifs is 1. The molecule has 0 saturated heterocycles. The van der Waals surface area contributed by atoms with Crippen molar-refractivity contribution in [2.45, 2.75) is 52.1 Å². The van der Waals surface area contributed by atoms with E-state index in [2.05, 4.69) is 47.4 Å².